The van der Waals surface area contributed by atoms with Crippen LogP contribution in [0, 0.1) is 0 Å². The molecule has 0 saturated carbocycles. The second kappa shape index (κ2) is 6.55. The summed E-state index contributed by atoms with van der Waals surface area (Å²) >= 11 is 0. The molecule has 0 amide bonds. The number of sulfonamides is 1. The van der Waals surface area contributed by atoms with Gasteiger partial charge < -0.3 is 11.1 Å². The Labute approximate surface area is 123 Å². The lowest BCUT2D eigenvalue weighted by Gasteiger charge is -2.11. The van der Waals surface area contributed by atoms with Crippen molar-refractivity contribution in [1.82, 2.24) is 19.9 Å². The number of anilines is 2. The summed E-state index contributed by atoms with van der Waals surface area (Å²) in [7, 11) is -3.49. The first-order valence-corrected chi connectivity index (χ1v) is 7.98. The zero-order chi connectivity index (χ0) is 15.3. The van der Waals surface area contributed by atoms with Crippen LogP contribution in [0.25, 0.3) is 0 Å². The van der Waals surface area contributed by atoms with Crippen molar-refractivity contribution in [3.63, 3.8) is 0 Å². The van der Waals surface area contributed by atoms with E-state index in [1.54, 1.807) is 13.0 Å². The first kappa shape index (κ1) is 15.3. The van der Waals surface area contributed by atoms with Crippen molar-refractivity contribution in [3.8, 4) is 0 Å². The Kier molecular flexibility index (Phi) is 4.76. The van der Waals surface area contributed by atoms with E-state index >= 15 is 0 Å². The second-order valence-corrected chi connectivity index (χ2v) is 6.13. The number of hydrogen-bond acceptors (Lipinski definition) is 6. The van der Waals surface area contributed by atoms with Gasteiger partial charge in [-0.05, 0) is 18.2 Å². The van der Waals surface area contributed by atoms with Crippen molar-refractivity contribution in [2.24, 2.45) is 0 Å². The van der Waals surface area contributed by atoms with Crippen LogP contribution in [0.3, 0.4) is 0 Å². The van der Waals surface area contributed by atoms with Crippen LogP contribution in [0.1, 0.15) is 12.7 Å². The van der Waals surface area contributed by atoms with Gasteiger partial charge in [0.1, 0.15) is 12.2 Å². The van der Waals surface area contributed by atoms with E-state index in [0.29, 0.717) is 30.9 Å². The van der Waals surface area contributed by atoms with Crippen molar-refractivity contribution in [2.45, 2.75) is 18.2 Å². The number of benzene rings is 1. The molecule has 5 N–H and O–H groups in total. The lowest BCUT2D eigenvalue weighted by molar-refractivity contribution is 0.584. The fourth-order valence-electron chi connectivity index (χ4n) is 1.80. The third-order valence-corrected chi connectivity index (χ3v) is 4.35. The van der Waals surface area contributed by atoms with Crippen LogP contribution in [0.2, 0.25) is 0 Å². The molecule has 1 heterocycles. The molecule has 0 unspecified atom stereocenters. The van der Waals surface area contributed by atoms with Gasteiger partial charge in [-0.15, -0.1) is 0 Å². The lowest BCUT2D eigenvalue weighted by Crippen LogP contribution is -2.23. The Morgan fingerprint density at radius 3 is 2.86 bits per heavy atom. The minimum atomic E-state index is -3.49. The molecule has 0 fully saturated rings. The van der Waals surface area contributed by atoms with Crippen LogP contribution in [0.5, 0.6) is 0 Å². The van der Waals surface area contributed by atoms with Gasteiger partial charge in [-0.2, -0.15) is 5.10 Å². The third-order valence-electron chi connectivity index (χ3n) is 2.81. The molecule has 1 aromatic carbocycles. The van der Waals surface area contributed by atoms with Gasteiger partial charge in [-0.3, -0.25) is 5.10 Å². The monoisotopic (exact) mass is 310 g/mol. The molecule has 21 heavy (non-hydrogen) atoms. The molecule has 0 atom stereocenters. The fraction of sp³-hybridized carbons (Fsp3) is 0.333. The summed E-state index contributed by atoms with van der Waals surface area (Å²) in [6.07, 6.45) is 2.07. The van der Waals surface area contributed by atoms with E-state index in [1.165, 1.54) is 18.5 Å². The Morgan fingerprint density at radius 1 is 1.38 bits per heavy atom. The largest absolute Gasteiger partial charge is 0.397 e. The molecule has 1 aromatic heterocycles. The molecule has 9 heteroatoms. The second-order valence-electron chi connectivity index (χ2n) is 4.36. The molecule has 8 nitrogen and oxygen atoms in total. The quantitative estimate of drug-likeness (QED) is 0.546. The number of aromatic amines is 1. The number of nitrogens with two attached hydrogens (primary N) is 1. The van der Waals surface area contributed by atoms with E-state index in [0.717, 1.165) is 5.82 Å². The Hall–Kier alpha value is -2.13. The Balaban J connectivity index is 2.08. The third kappa shape index (κ3) is 3.92. The van der Waals surface area contributed by atoms with E-state index in [9.17, 15) is 8.42 Å². The molecule has 2 rings (SSSR count). The first-order chi connectivity index (χ1) is 10.0. The van der Waals surface area contributed by atoms with Gasteiger partial charge in [0, 0.05) is 19.5 Å². The predicted molar refractivity (Wildman–Crippen MR) is 80.3 cm³/mol. The summed E-state index contributed by atoms with van der Waals surface area (Å²) in [6, 6.07) is 4.57. The highest BCUT2D eigenvalue weighted by atomic mass is 32.2. The summed E-state index contributed by atoms with van der Waals surface area (Å²) < 4.78 is 26.4. The van der Waals surface area contributed by atoms with Crippen LogP contribution >= 0.6 is 0 Å². The van der Waals surface area contributed by atoms with Crippen molar-refractivity contribution >= 4 is 21.4 Å². The van der Waals surface area contributed by atoms with Crippen LogP contribution < -0.4 is 15.8 Å². The van der Waals surface area contributed by atoms with E-state index in [-0.39, 0.29) is 4.90 Å². The van der Waals surface area contributed by atoms with Gasteiger partial charge in [0.2, 0.25) is 10.0 Å². The zero-order valence-corrected chi connectivity index (χ0v) is 12.4. The summed E-state index contributed by atoms with van der Waals surface area (Å²) in [5, 5.41) is 9.61. The number of rotatable bonds is 7. The molecule has 0 spiro atoms. The van der Waals surface area contributed by atoms with Gasteiger partial charge in [-0.1, -0.05) is 6.92 Å². The highest BCUT2D eigenvalue weighted by Crippen LogP contribution is 2.22. The highest BCUT2D eigenvalue weighted by molar-refractivity contribution is 7.89. The number of aromatic nitrogens is 3. The van der Waals surface area contributed by atoms with Gasteiger partial charge in [0.15, 0.2) is 0 Å². The normalized spacial score (nSPS) is 11.5. The minimum absolute atomic E-state index is 0.181. The standard InChI is InChI=1S/C12H18N6O2S/c1-2-17-21(19,20)9-3-4-10(13)11(7-9)14-6-5-12-15-8-16-18-12/h3-4,7-8,14,17H,2,5-6,13H2,1H3,(H,15,16,18). The topological polar surface area (TPSA) is 126 Å². The van der Waals surface area contributed by atoms with Crippen LogP contribution in [0.15, 0.2) is 29.4 Å². The average molecular weight is 310 g/mol. The van der Waals surface area contributed by atoms with Crippen molar-refractivity contribution < 1.29 is 8.42 Å². The van der Waals surface area contributed by atoms with E-state index < -0.39 is 10.0 Å². The van der Waals surface area contributed by atoms with Gasteiger partial charge in [-0.25, -0.2) is 18.1 Å². The maximum absolute atomic E-state index is 12.0. The van der Waals surface area contributed by atoms with Crippen LogP contribution in [-0.2, 0) is 16.4 Å². The minimum Gasteiger partial charge on any atom is -0.397 e. The molecule has 0 aliphatic heterocycles. The number of H-pyrrole nitrogens is 1. The van der Waals surface area contributed by atoms with Crippen LogP contribution in [0.4, 0.5) is 11.4 Å². The molecule has 0 bridgehead atoms. The maximum atomic E-state index is 12.0. The maximum Gasteiger partial charge on any atom is 0.240 e. The molecular formula is C12H18N6O2S. The molecule has 114 valence electrons. The summed E-state index contributed by atoms with van der Waals surface area (Å²) in [5.41, 5.74) is 6.92. The van der Waals surface area contributed by atoms with Crippen molar-refractivity contribution in [1.29, 1.82) is 0 Å². The number of hydrogen-bond donors (Lipinski definition) is 4. The van der Waals surface area contributed by atoms with Crippen LogP contribution in [-0.4, -0.2) is 36.7 Å². The molecular weight excluding hydrogens is 292 g/mol. The Bertz CT molecular complexity index is 684. The van der Waals surface area contributed by atoms with Gasteiger partial charge in [0.05, 0.1) is 16.3 Å². The van der Waals surface area contributed by atoms with Gasteiger partial charge in [0.25, 0.3) is 0 Å². The van der Waals surface area contributed by atoms with Crippen molar-refractivity contribution in [2.75, 3.05) is 24.1 Å². The molecule has 0 radical (unpaired) electrons. The Morgan fingerprint density at radius 2 is 2.19 bits per heavy atom. The lowest BCUT2D eigenvalue weighted by atomic mass is 10.2. The van der Waals surface area contributed by atoms with E-state index in [4.69, 9.17) is 5.73 Å². The van der Waals surface area contributed by atoms with E-state index in [1.807, 2.05) is 0 Å². The summed E-state index contributed by atoms with van der Waals surface area (Å²) in [4.78, 5) is 4.19. The van der Waals surface area contributed by atoms with Gasteiger partial charge >= 0.3 is 0 Å². The van der Waals surface area contributed by atoms with Crippen molar-refractivity contribution in [3.05, 3.63) is 30.4 Å². The smallest absolute Gasteiger partial charge is 0.240 e. The zero-order valence-electron chi connectivity index (χ0n) is 11.6. The number of nitrogens with one attached hydrogen (secondary N) is 3. The van der Waals surface area contributed by atoms with E-state index in [2.05, 4.69) is 25.2 Å². The summed E-state index contributed by atoms with van der Waals surface area (Å²) in [5.74, 6) is 0.748. The SMILES string of the molecule is CCNS(=O)(=O)c1ccc(N)c(NCCc2ncn[nH]2)c1. The molecule has 0 aliphatic carbocycles. The predicted octanol–water partition coefficient (Wildman–Crippen LogP) is 0.340. The fourth-order valence-corrected chi connectivity index (χ4v) is 2.86. The molecule has 0 aliphatic rings. The molecule has 2 aromatic rings. The first-order valence-electron chi connectivity index (χ1n) is 6.50. The number of nitrogens with zero attached hydrogens (tertiary/aromatic N) is 2. The highest BCUT2D eigenvalue weighted by Gasteiger charge is 2.14. The summed E-state index contributed by atoms with van der Waals surface area (Å²) in [6.45, 7) is 2.62. The average Bonchev–Trinajstić information content (AvgIpc) is 2.94. The number of nitrogen functional groups attached to an aromatic ring is 1. The molecule has 0 saturated heterocycles.